The van der Waals surface area contributed by atoms with Crippen LogP contribution in [0.4, 0.5) is 0 Å². The summed E-state index contributed by atoms with van der Waals surface area (Å²) in [6, 6.07) is 21.7. The quantitative estimate of drug-likeness (QED) is 0.202. The molecule has 4 aromatic heterocycles. The molecule has 0 spiro atoms. The lowest BCUT2D eigenvalue weighted by Crippen LogP contribution is -2.27. The monoisotopic (exact) mass is 526 g/mol. The Kier molecular flexibility index (Phi) is 6.78. The summed E-state index contributed by atoms with van der Waals surface area (Å²) >= 11 is 0. The average molecular weight is 527 g/mol. The number of hydrogen-bond acceptors (Lipinski definition) is 3. The Balaban J connectivity index is 0.000000150. The maximum absolute atomic E-state index is 4.38. The molecule has 2 aliphatic heterocycles. The number of nitrogens with zero attached hydrogens (tertiary/aromatic N) is 2. The van der Waals surface area contributed by atoms with Gasteiger partial charge in [0.15, 0.2) is 0 Å². The molecule has 6 heteroatoms. The summed E-state index contributed by atoms with van der Waals surface area (Å²) in [4.78, 5) is 16.6. The van der Waals surface area contributed by atoms with Gasteiger partial charge in [0.05, 0.1) is 0 Å². The summed E-state index contributed by atoms with van der Waals surface area (Å²) in [7, 11) is 0. The van der Waals surface area contributed by atoms with Crippen LogP contribution in [0, 0.1) is 0 Å². The Hall–Kier alpha value is -4.39. The molecule has 0 saturated heterocycles. The van der Waals surface area contributed by atoms with Crippen LogP contribution in [0.25, 0.3) is 44.0 Å². The van der Waals surface area contributed by atoms with Crippen molar-refractivity contribution in [2.75, 3.05) is 26.2 Å². The number of aromatic nitrogens is 4. The molecule has 4 N–H and O–H groups in total. The van der Waals surface area contributed by atoms with Crippen molar-refractivity contribution in [2.24, 2.45) is 0 Å². The second kappa shape index (κ2) is 11.0. The van der Waals surface area contributed by atoms with Gasteiger partial charge in [-0.1, -0.05) is 24.3 Å². The Morgan fingerprint density at radius 1 is 0.775 bits per heavy atom. The van der Waals surface area contributed by atoms with Gasteiger partial charge in [0.25, 0.3) is 0 Å². The van der Waals surface area contributed by atoms with Gasteiger partial charge in [0.2, 0.25) is 0 Å². The fourth-order valence-electron chi connectivity index (χ4n) is 5.89. The molecule has 2 aromatic carbocycles. The molecule has 40 heavy (non-hydrogen) atoms. The van der Waals surface area contributed by atoms with E-state index < -0.39 is 0 Å². The van der Waals surface area contributed by atoms with Crippen molar-refractivity contribution in [3.05, 3.63) is 114 Å². The zero-order valence-electron chi connectivity index (χ0n) is 22.6. The van der Waals surface area contributed by atoms with E-state index in [4.69, 9.17) is 0 Å². The minimum atomic E-state index is 0.965. The van der Waals surface area contributed by atoms with Crippen LogP contribution in [0.15, 0.2) is 97.6 Å². The first kappa shape index (κ1) is 24.6. The number of benzene rings is 2. The van der Waals surface area contributed by atoms with Crippen molar-refractivity contribution in [2.45, 2.75) is 19.4 Å². The summed E-state index contributed by atoms with van der Waals surface area (Å²) < 4.78 is 0. The predicted molar refractivity (Wildman–Crippen MR) is 166 cm³/mol. The third kappa shape index (κ3) is 5.11. The van der Waals surface area contributed by atoms with Gasteiger partial charge < -0.3 is 20.3 Å². The van der Waals surface area contributed by atoms with Crippen molar-refractivity contribution >= 4 is 44.0 Å². The summed E-state index contributed by atoms with van der Waals surface area (Å²) in [6.07, 6.45) is 14.8. The summed E-state index contributed by atoms with van der Waals surface area (Å²) in [5.41, 5.74) is 10.4. The first-order valence-corrected chi connectivity index (χ1v) is 14.2. The molecule has 6 aromatic rings. The van der Waals surface area contributed by atoms with Crippen molar-refractivity contribution in [1.29, 1.82) is 0 Å². The van der Waals surface area contributed by atoms with E-state index in [1.54, 1.807) is 0 Å². The van der Waals surface area contributed by atoms with E-state index in [9.17, 15) is 0 Å². The van der Waals surface area contributed by atoms with Gasteiger partial charge in [-0.3, -0.25) is 4.90 Å². The molecule has 0 amide bonds. The van der Waals surface area contributed by atoms with Crippen LogP contribution in [0.2, 0.25) is 0 Å². The lowest BCUT2D eigenvalue weighted by Gasteiger charge is -2.26. The fourth-order valence-corrected chi connectivity index (χ4v) is 5.89. The van der Waals surface area contributed by atoms with Crippen molar-refractivity contribution in [3.8, 4) is 0 Å². The number of aromatic amines is 3. The maximum Gasteiger partial charge on any atom is 0.137 e. The van der Waals surface area contributed by atoms with Gasteiger partial charge in [-0.25, -0.2) is 4.98 Å². The van der Waals surface area contributed by atoms with Crippen molar-refractivity contribution < 1.29 is 0 Å². The van der Waals surface area contributed by atoms with Crippen LogP contribution in [-0.4, -0.2) is 51.0 Å². The molecule has 0 unspecified atom stereocenters. The summed E-state index contributed by atoms with van der Waals surface area (Å²) in [5.74, 6) is 0. The van der Waals surface area contributed by atoms with Crippen LogP contribution >= 0.6 is 0 Å². The lowest BCUT2D eigenvalue weighted by atomic mass is 9.98. The minimum absolute atomic E-state index is 0.965. The molecule has 0 radical (unpaired) electrons. The second-order valence-electron chi connectivity index (χ2n) is 10.7. The Morgan fingerprint density at radius 3 is 2.20 bits per heavy atom. The molecule has 0 atom stereocenters. The number of fused-ring (bicyclic) bond motifs is 3. The van der Waals surface area contributed by atoms with Crippen LogP contribution < -0.4 is 5.32 Å². The third-order valence-corrected chi connectivity index (χ3v) is 8.14. The topological polar surface area (TPSA) is 75.5 Å². The Labute approximate surface area is 233 Å². The van der Waals surface area contributed by atoms with E-state index in [1.807, 2.05) is 24.7 Å². The van der Waals surface area contributed by atoms with E-state index in [0.29, 0.717) is 0 Å². The number of hydrogen-bond donors (Lipinski definition) is 4. The number of rotatable bonds is 4. The van der Waals surface area contributed by atoms with Gasteiger partial charge in [-0.2, -0.15) is 0 Å². The van der Waals surface area contributed by atoms with Crippen molar-refractivity contribution in [1.82, 2.24) is 30.2 Å². The van der Waals surface area contributed by atoms with Crippen LogP contribution in [0.1, 0.15) is 29.5 Å². The van der Waals surface area contributed by atoms with Gasteiger partial charge >= 0.3 is 0 Å². The number of nitrogens with one attached hydrogen (secondary N) is 4. The molecular weight excluding hydrogens is 492 g/mol. The highest BCUT2D eigenvalue weighted by molar-refractivity contribution is 5.85. The summed E-state index contributed by atoms with van der Waals surface area (Å²) in [5, 5.41) is 7.15. The average Bonchev–Trinajstić information content (AvgIpc) is 3.78. The largest absolute Gasteiger partial charge is 0.361 e. The minimum Gasteiger partial charge on any atom is -0.361 e. The van der Waals surface area contributed by atoms with Gasteiger partial charge in [-0.05, 0) is 107 Å². The highest BCUT2D eigenvalue weighted by Gasteiger charge is 2.15. The maximum atomic E-state index is 4.38. The Bertz CT molecular complexity index is 1830. The molecular formula is C34H34N6. The van der Waals surface area contributed by atoms with Crippen LogP contribution in [-0.2, 0) is 6.54 Å². The van der Waals surface area contributed by atoms with E-state index in [-0.39, 0.29) is 0 Å². The van der Waals surface area contributed by atoms with E-state index >= 15 is 0 Å². The molecule has 8 rings (SSSR count). The normalized spacial score (nSPS) is 16.1. The first-order chi connectivity index (χ1) is 19.8. The molecule has 200 valence electrons. The van der Waals surface area contributed by atoms with Gasteiger partial charge in [-0.15, -0.1) is 0 Å². The standard InChI is InChI=1S/C21H20N4.C13H14N2/c1-2-19-18(13-24-21(19)23-8-1)14-25-10-6-15(7-11-25)16-3-4-20-17(12-16)5-9-22-20;1-2-13-12(5-8-15-13)9-11(1)10-3-6-14-7-4-10/h1-6,8-9,12-13,22H,7,10-11,14H2,(H,23,24);1-3,5,8-9,14-15H,4,6-7H2. The highest BCUT2D eigenvalue weighted by atomic mass is 15.1. The zero-order valence-corrected chi connectivity index (χ0v) is 22.6. The number of H-pyrrole nitrogens is 3. The predicted octanol–water partition coefficient (Wildman–Crippen LogP) is 6.88. The van der Waals surface area contributed by atoms with E-state index in [2.05, 4.69) is 103 Å². The molecule has 0 aliphatic carbocycles. The van der Waals surface area contributed by atoms with E-state index in [1.165, 1.54) is 55.0 Å². The fraction of sp³-hybridized carbons (Fsp3) is 0.206. The number of pyridine rings is 1. The first-order valence-electron chi connectivity index (χ1n) is 14.2. The molecule has 6 heterocycles. The molecule has 0 bridgehead atoms. The van der Waals surface area contributed by atoms with Crippen LogP contribution in [0.5, 0.6) is 0 Å². The Morgan fingerprint density at radius 2 is 1.52 bits per heavy atom. The molecule has 0 saturated carbocycles. The second-order valence-corrected chi connectivity index (χ2v) is 10.7. The lowest BCUT2D eigenvalue weighted by molar-refractivity contribution is 0.295. The molecule has 0 fully saturated rings. The van der Waals surface area contributed by atoms with Gasteiger partial charge in [0.1, 0.15) is 5.65 Å². The van der Waals surface area contributed by atoms with Crippen LogP contribution in [0.3, 0.4) is 0 Å². The molecule has 2 aliphatic rings. The highest BCUT2D eigenvalue weighted by Crippen LogP contribution is 2.27. The summed E-state index contributed by atoms with van der Waals surface area (Å²) in [6.45, 7) is 5.14. The SMILES string of the molecule is C1=C(c2ccc3[nH]ccc3c2)CCN(Cc2c[nH]c3ncccc23)C1.C1=C(c2ccc3[nH]ccc3c2)CCNC1. The molecule has 6 nitrogen and oxygen atoms in total. The van der Waals surface area contributed by atoms with Gasteiger partial charge in [0, 0.05) is 67.4 Å². The third-order valence-electron chi connectivity index (χ3n) is 8.14. The zero-order chi connectivity index (χ0) is 26.7. The smallest absolute Gasteiger partial charge is 0.137 e. The van der Waals surface area contributed by atoms with E-state index in [0.717, 1.165) is 51.2 Å². The van der Waals surface area contributed by atoms with Crippen molar-refractivity contribution in [3.63, 3.8) is 0 Å².